The van der Waals surface area contributed by atoms with Crippen LogP contribution in [0.15, 0.2) is 65.7 Å². The Morgan fingerprint density at radius 2 is 1.90 bits per heavy atom. The van der Waals surface area contributed by atoms with E-state index in [-0.39, 0.29) is 29.8 Å². The smallest absolute Gasteiger partial charge is 0.278 e. The molecule has 0 saturated carbocycles. The van der Waals surface area contributed by atoms with Crippen molar-refractivity contribution in [3.05, 3.63) is 88.0 Å². The van der Waals surface area contributed by atoms with Gasteiger partial charge in [-0.1, -0.05) is 42.5 Å². The van der Waals surface area contributed by atoms with E-state index in [0.29, 0.717) is 47.8 Å². The normalized spacial score (nSPS) is 15.3. The fourth-order valence-corrected chi connectivity index (χ4v) is 5.28. The molecule has 0 spiro atoms. The van der Waals surface area contributed by atoms with Crippen molar-refractivity contribution < 1.29 is 14.3 Å². The van der Waals surface area contributed by atoms with Crippen LogP contribution < -0.4 is 20.9 Å². The summed E-state index contributed by atoms with van der Waals surface area (Å²) in [7, 11) is 4.90. The number of amides is 1. The first-order chi connectivity index (χ1) is 19.3. The average molecular weight is 543 g/mol. The molecule has 10 heteroatoms. The van der Waals surface area contributed by atoms with Gasteiger partial charge in [-0.25, -0.2) is 4.98 Å². The third-order valence-corrected chi connectivity index (χ3v) is 7.27. The number of fused-ring (bicyclic) bond motifs is 1. The number of carbonyl (C=O) groups excluding carboxylic acids is 2. The van der Waals surface area contributed by atoms with Crippen LogP contribution in [0.25, 0.3) is 11.0 Å². The number of ketones is 1. The summed E-state index contributed by atoms with van der Waals surface area (Å²) in [6, 6.07) is 16.5. The molecule has 5 rings (SSSR count). The van der Waals surface area contributed by atoms with Crippen LogP contribution in [0.4, 0.5) is 5.82 Å². The highest BCUT2D eigenvalue weighted by Gasteiger charge is 2.32. The summed E-state index contributed by atoms with van der Waals surface area (Å²) < 4.78 is 8.43. The third kappa shape index (κ3) is 5.22. The summed E-state index contributed by atoms with van der Waals surface area (Å²) in [4.78, 5) is 49.1. The Morgan fingerprint density at radius 1 is 1.12 bits per heavy atom. The SMILES string of the molecule is COc1cccc(C(=O)Cn2cnc3c(C(=O)N(C)C)c(N4CCC[C@H](N)C4)n(Cc4ccccc4)c3c2=O)c1. The lowest BCUT2D eigenvalue weighted by molar-refractivity contribution is 0.0829. The maximum absolute atomic E-state index is 14.1. The van der Waals surface area contributed by atoms with Crippen LogP contribution in [0.2, 0.25) is 0 Å². The van der Waals surface area contributed by atoms with Crippen LogP contribution >= 0.6 is 0 Å². The lowest BCUT2D eigenvalue weighted by Crippen LogP contribution is -2.44. The van der Waals surface area contributed by atoms with Crippen LogP contribution in [-0.2, 0) is 13.1 Å². The second-order valence-corrected chi connectivity index (χ2v) is 10.3. The Hall–Kier alpha value is -4.44. The molecule has 40 heavy (non-hydrogen) atoms. The summed E-state index contributed by atoms with van der Waals surface area (Å²) >= 11 is 0. The lowest BCUT2D eigenvalue weighted by atomic mass is 10.1. The number of nitrogens with zero attached hydrogens (tertiary/aromatic N) is 5. The minimum Gasteiger partial charge on any atom is -0.497 e. The van der Waals surface area contributed by atoms with Gasteiger partial charge in [-0.2, -0.15) is 0 Å². The van der Waals surface area contributed by atoms with Gasteiger partial charge in [0.25, 0.3) is 11.5 Å². The molecule has 208 valence electrons. The molecule has 10 nitrogen and oxygen atoms in total. The highest BCUT2D eigenvalue weighted by Crippen LogP contribution is 2.33. The van der Waals surface area contributed by atoms with Gasteiger partial charge in [-0.3, -0.25) is 19.0 Å². The van der Waals surface area contributed by atoms with E-state index in [9.17, 15) is 14.4 Å². The van der Waals surface area contributed by atoms with E-state index in [1.165, 1.54) is 22.9 Å². The molecule has 1 amide bonds. The second kappa shape index (κ2) is 11.4. The molecule has 2 aromatic carbocycles. The number of piperidine rings is 1. The van der Waals surface area contributed by atoms with Gasteiger partial charge < -0.3 is 24.8 Å². The molecule has 1 aliphatic rings. The highest BCUT2D eigenvalue weighted by atomic mass is 16.5. The molecule has 0 bridgehead atoms. The molecular weight excluding hydrogens is 508 g/mol. The van der Waals surface area contributed by atoms with Crippen LogP contribution in [0.5, 0.6) is 5.75 Å². The van der Waals surface area contributed by atoms with E-state index in [2.05, 4.69) is 9.88 Å². The van der Waals surface area contributed by atoms with Gasteiger partial charge in [0.1, 0.15) is 28.2 Å². The monoisotopic (exact) mass is 542 g/mol. The summed E-state index contributed by atoms with van der Waals surface area (Å²) in [5.74, 6) is 0.687. The fourth-order valence-electron chi connectivity index (χ4n) is 5.28. The Kier molecular flexibility index (Phi) is 7.70. The van der Waals surface area contributed by atoms with Crippen molar-refractivity contribution in [2.24, 2.45) is 5.73 Å². The van der Waals surface area contributed by atoms with Crippen molar-refractivity contribution >= 4 is 28.5 Å². The van der Waals surface area contributed by atoms with Gasteiger partial charge in [0, 0.05) is 45.3 Å². The second-order valence-electron chi connectivity index (χ2n) is 10.3. The number of methoxy groups -OCH3 is 1. The largest absolute Gasteiger partial charge is 0.497 e. The van der Waals surface area contributed by atoms with Crippen LogP contribution in [0, 0.1) is 0 Å². The number of rotatable bonds is 8. The first-order valence-electron chi connectivity index (χ1n) is 13.3. The van der Waals surface area contributed by atoms with Gasteiger partial charge in [-0.15, -0.1) is 0 Å². The van der Waals surface area contributed by atoms with Gasteiger partial charge in [0.05, 0.1) is 20.0 Å². The molecular formula is C30H34N6O4. The Morgan fingerprint density at radius 3 is 2.60 bits per heavy atom. The van der Waals surface area contributed by atoms with E-state index in [1.54, 1.807) is 38.4 Å². The number of Topliss-reactive ketones (excluding diaryl/α,β-unsaturated/α-hetero) is 1. The number of aromatic nitrogens is 3. The zero-order valence-electron chi connectivity index (χ0n) is 23.0. The minimum atomic E-state index is -0.391. The summed E-state index contributed by atoms with van der Waals surface area (Å²) in [6.45, 7) is 1.41. The Balaban J connectivity index is 1.70. The maximum Gasteiger partial charge on any atom is 0.278 e. The number of carbonyl (C=O) groups is 2. The Labute approximate surface area is 232 Å². The Bertz CT molecular complexity index is 1610. The zero-order valence-corrected chi connectivity index (χ0v) is 23.0. The molecule has 1 aliphatic heterocycles. The number of benzene rings is 2. The van der Waals surface area contributed by atoms with Crippen molar-refractivity contribution in [2.45, 2.75) is 32.0 Å². The van der Waals surface area contributed by atoms with Crippen molar-refractivity contribution in [3.8, 4) is 5.75 Å². The molecule has 4 aromatic rings. The maximum atomic E-state index is 14.1. The first-order valence-corrected chi connectivity index (χ1v) is 13.3. The van der Waals surface area contributed by atoms with Crippen molar-refractivity contribution in [1.29, 1.82) is 0 Å². The number of ether oxygens (including phenoxy) is 1. The number of nitrogens with two attached hydrogens (primary N) is 1. The lowest BCUT2D eigenvalue weighted by Gasteiger charge is -2.34. The molecule has 0 unspecified atom stereocenters. The predicted octanol–water partition coefficient (Wildman–Crippen LogP) is 2.77. The van der Waals surface area contributed by atoms with E-state index >= 15 is 0 Å². The van der Waals surface area contributed by atoms with Crippen molar-refractivity contribution in [1.82, 2.24) is 19.0 Å². The van der Waals surface area contributed by atoms with E-state index < -0.39 is 5.56 Å². The minimum absolute atomic E-state index is 0.0515. The van der Waals surface area contributed by atoms with Crippen LogP contribution in [0.3, 0.4) is 0 Å². The molecule has 0 radical (unpaired) electrons. The zero-order chi connectivity index (χ0) is 28.4. The van der Waals surface area contributed by atoms with E-state index in [0.717, 1.165) is 18.4 Å². The van der Waals surface area contributed by atoms with Gasteiger partial charge in [0.2, 0.25) is 0 Å². The highest BCUT2D eigenvalue weighted by molar-refractivity contribution is 6.10. The molecule has 3 heterocycles. The third-order valence-electron chi connectivity index (χ3n) is 7.27. The average Bonchev–Trinajstić information content (AvgIpc) is 3.28. The van der Waals surface area contributed by atoms with Gasteiger partial charge in [-0.05, 0) is 30.5 Å². The van der Waals surface area contributed by atoms with Crippen molar-refractivity contribution in [3.63, 3.8) is 0 Å². The topological polar surface area (TPSA) is 116 Å². The number of hydrogen-bond donors (Lipinski definition) is 1. The standard InChI is InChI=1S/C30H34N6O4/c1-33(2)29(38)25-26-27(30(39)35(19-32-26)18-24(37)21-11-7-13-23(15-21)40-3)36(16-20-9-5-4-6-10-20)28(25)34-14-8-12-22(31)17-34/h4-7,9-11,13,15,19,22H,8,12,14,16-18,31H2,1-3H3/t22-/m0/s1. The predicted molar refractivity (Wildman–Crippen MR) is 154 cm³/mol. The van der Waals surface area contributed by atoms with Gasteiger partial charge >= 0.3 is 0 Å². The molecule has 1 atom stereocenters. The molecule has 1 saturated heterocycles. The summed E-state index contributed by atoms with van der Waals surface area (Å²) in [5.41, 5.74) is 8.33. The fraction of sp³-hybridized carbons (Fsp3) is 0.333. The van der Waals surface area contributed by atoms with E-state index in [4.69, 9.17) is 10.5 Å². The first kappa shape index (κ1) is 27.1. The summed E-state index contributed by atoms with van der Waals surface area (Å²) in [5, 5.41) is 0. The molecule has 2 N–H and O–H groups in total. The number of anilines is 1. The summed E-state index contributed by atoms with van der Waals surface area (Å²) in [6.07, 6.45) is 3.12. The quantitative estimate of drug-likeness (QED) is 0.341. The van der Waals surface area contributed by atoms with Crippen molar-refractivity contribution in [2.75, 3.05) is 39.2 Å². The molecule has 0 aliphatic carbocycles. The molecule has 2 aromatic heterocycles. The number of hydrogen-bond acceptors (Lipinski definition) is 7. The van der Waals surface area contributed by atoms with Crippen LogP contribution in [-0.4, -0.2) is 71.0 Å². The van der Waals surface area contributed by atoms with Gasteiger partial charge in [0.15, 0.2) is 5.78 Å². The van der Waals surface area contributed by atoms with Crippen LogP contribution in [0.1, 0.15) is 39.1 Å². The molecule has 1 fully saturated rings. The van der Waals surface area contributed by atoms with E-state index in [1.807, 2.05) is 34.9 Å².